The molecule has 0 bridgehead atoms. The summed E-state index contributed by atoms with van der Waals surface area (Å²) >= 11 is 1.37. The van der Waals surface area contributed by atoms with E-state index < -0.39 is 11.9 Å². The number of carboxylic acid groups (broad SMARTS) is 1. The second kappa shape index (κ2) is 11.7. The summed E-state index contributed by atoms with van der Waals surface area (Å²) in [6, 6.07) is 23.9. The lowest BCUT2D eigenvalue weighted by atomic mass is 9.98. The molecule has 0 saturated heterocycles. The van der Waals surface area contributed by atoms with E-state index in [0.717, 1.165) is 4.90 Å². The Morgan fingerprint density at radius 1 is 0.816 bits per heavy atom. The summed E-state index contributed by atoms with van der Waals surface area (Å²) in [6.45, 7) is 3.41. The molecule has 1 unspecified atom stereocenters. The van der Waals surface area contributed by atoms with E-state index in [1.54, 1.807) is 72.8 Å². The molecular formula is C30H26N2O5S. The fourth-order valence-electron chi connectivity index (χ4n) is 4.05. The van der Waals surface area contributed by atoms with E-state index in [2.05, 4.69) is 10.6 Å². The van der Waals surface area contributed by atoms with Crippen molar-refractivity contribution in [3.8, 4) is 0 Å². The predicted molar refractivity (Wildman–Crippen MR) is 150 cm³/mol. The summed E-state index contributed by atoms with van der Waals surface area (Å²) in [5.41, 5.74) is 2.03. The molecule has 7 nitrogen and oxygen atoms in total. The Kier molecular flexibility index (Phi) is 8.23. The Hall–Kier alpha value is -4.43. The lowest BCUT2D eigenvalue weighted by Crippen LogP contribution is -2.24. The lowest BCUT2D eigenvalue weighted by molar-refractivity contribution is -0.115. The molecule has 8 heteroatoms. The van der Waals surface area contributed by atoms with E-state index in [0.29, 0.717) is 34.1 Å². The zero-order chi connectivity index (χ0) is 27.2. The van der Waals surface area contributed by atoms with Crippen LogP contribution >= 0.6 is 11.8 Å². The summed E-state index contributed by atoms with van der Waals surface area (Å²) in [6.07, 6.45) is 0.576. The van der Waals surface area contributed by atoms with Gasteiger partial charge in [0.2, 0.25) is 5.91 Å². The van der Waals surface area contributed by atoms with Gasteiger partial charge in [-0.15, -0.1) is 11.8 Å². The average Bonchev–Trinajstić information content (AvgIpc) is 2.91. The van der Waals surface area contributed by atoms with E-state index in [-0.39, 0.29) is 28.1 Å². The van der Waals surface area contributed by atoms with Crippen LogP contribution in [0.2, 0.25) is 0 Å². The first-order valence-electron chi connectivity index (χ1n) is 12.0. The first-order valence-corrected chi connectivity index (χ1v) is 12.9. The molecule has 0 spiro atoms. The number of carbonyl (C=O) groups excluding carboxylic acids is 3. The number of aromatic carboxylic acids is 1. The van der Waals surface area contributed by atoms with Crippen LogP contribution in [0.15, 0.2) is 89.8 Å². The number of anilines is 2. The Bertz CT molecular complexity index is 1530. The molecule has 0 heterocycles. The minimum absolute atomic E-state index is 0.0420. The van der Waals surface area contributed by atoms with Gasteiger partial charge in [0.1, 0.15) is 0 Å². The molecule has 4 aromatic carbocycles. The minimum atomic E-state index is -1.10. The number of fused-ring (bicyclic) bond motifs is 1. The number of hydrogen-bond acceptors (Lipinski definition) is 5. The highest BCUT2D eigenvalue weighted by Gasteiger charge is 2.20. The zero-order valence-corrected chi connectivity index (χ0v) is 21.7. The van der Waals surface area contributed by atoms with Gasteiger partial charge in [-0.2, -0.15) is 0 Å². The molecule has 0 aliphatic heterocycles. The Balaban J connectivity index is 1.49. The van der Waals surface area contributed by atoms with Crippen molar-refractivity contribution >= 4 is 57.5 Å². The van der Waals surface area contributed by atoms with Gasteiger partial charge < -0.3 is 15.7 Å². The van der Waals surface area contributed by atoms with Crippen LogP contribution in [0.25, 0.3) is 10.8 Å². The second-order valence-corrected chi connectivity index (χ2v) is 9.91. The summed E-state index contributed by atoms with van der Waals surface area (Å²) in [4.78, 5) is 50.1. The first-order chi connectivity index (χ1) is 18.3. The summed E-state index contributed by atoms with van der Waals surface area (Å²) in [5, 5.41) is 16.0. The molecule has 4 aromatic rings. The van der Waals surface area contributed by atoms with E-state index >= 15 is 0 Å². The van der Waals surface area contributed by atoms with E-state index in [4.69, 9.17) is 0 Å². The fourth-order valence-corrected chi connectivity index (χ4v) is 5.06. The third-order valence-corrected chi connectivity index (χ3v) is 7.33. The molecule has 2 amide bonds. The molecule has 0 aromatic heterocycles. The van der Waals surface area contributed by atoms with Crippen molar-refractivity contribution in [3.63, 3.8) is 0 Å². The highest BCUT2D eigenvalue weighted by atomic mass is 32.2. The van der Waals surface area contributed by atoms with Crippen molar-refractivity contribution in [2.45, 2.75) is 30.4 Å². The molecule has 0 radical (unpaired) electrons. The van der Waals surface area contributed by atoms with Crippen LogP contribution in [0.3, 0.4) is 0 Å². The highest BCUT2D eigenvalue weighted by molar-refractivity contribution is 8.00. The number of nitrogens with one attached hydrogen (secondary N) is 2. The van der Waals surface area contributed by atoms with E-state index in [9.17, 15) is 24.3 Å². The van der Waals surface area contributed by atoms with Gasteiger partial charge in [-0.1, -0.05) is 37.3 Å². The summed E-state index contributed by atoms with van der Waals surface area (Å²) in [5.74, 6) is -1.74. The van der Waals surface area contributed by atoms with E-state index in [1.165, 1.54) is 24.8 Å². The summed E-state index contributed by atoms with van der Waals surface area (Å²) in [7, 11) is 0. The molecule has 0 aliphatic rings. The van der Waals surface area contributed by atoms with Crippen LogP contribution in [-0.2, 0) is 4.79 Å². The average molecular weight is 527 g/mol. The minimum Gasteiger partial charge on any atom is -0.478 e. The fraction of sp³-hybridized carbons (Fsp3) is 0.133. The van der Waals surface area contributed by atoms with Crippen molar-refractivity contribution < 1.29 is 24.3 Å². The number of carboxylic acids is 1. The van der Waals surface area contributed by atoms with Crippen LogP contribution < -0.4 is 10.6 Å². The smallest absolute Gasteiger partial charge is 0.336 e. The van der Waals surface area contributed by atoms with Crippen molar-refractivity contribution in [1.82, 2.24) is 0 Å². The quantitative estimate of drug-likeness (QED) is 0.169. The maximum atomic E-state index is 13.2. The molecule has 3 N–H and O–H groups in total. The molecule has 38 heavy (non-hydrogen) atoms. The van der Waals surface area contributed by atoms with Crippen molar-refractivity contribution in [1.29, 1.82) is 0 Å². The van der Waals surface area contributed by atoms with Crippen molar-refractivity contribution in [2.24, 2.45) is 0 Å². The first kappa shape index (κ1) is 26.6. The van der Waals surface area contributed by atoms with Crippen molar-refractivity contribution in [2.75, 3.05) is 10.6 Å². The molecule has 0 saturated carbocycles. The van der Waals surface area contributed by atoms with Gasteiger partial charge in [-0.05, 0) is 73.3 Å². The van der Waals surface area contributed by atoms with Gasteiger partial charge in [0.15, 0.2) is 5.78 Å². The number of benzene rings is 4. The van der Waals surface area contributed by atoms with Gasteiger partial charge in [0.05, 0.1) is 10.8 Å². The van der Waals surface area contributed by atoms with Crippen LogP contribution in [0, 0.1) is 0 Å². The molecule has 192 valence electrons. The highest BCUT2D eigenvalue weighted by Crippen LogP contribution is 2.30. The number of amides is 2. The SMILES string of the molecule is CCC(Sc1cccc(NC(=O)c2cccc3cccc(C(=O)O)c23)c1)C(=O)Nc1ccc(C(C)=O)cc1. The Morgan fingerprint density at radius 3 is 2.11 bits per heavy atom. The lowest BCUT2D eigenvalue weighted by Gasteiger charge is -2.16. The number of carbonyl (C=O) groups is 4. The number of Topliss-reactive ketones (excluding diaryl/α,β-unsaturated/α-hetero) is 1. The molecular weight excluding hydrogens is 500 g/mol. The zero-order valence-electron chi connectivity index (χ0n) is 20.9. The maximum Gasteiger partial charge on any atom is 0.336 e. The largest absolute Gasteiger partial charge is 0.478 e. The van der Waals surface area contributed by atoms with Crippen LogP contribution in [0.1, 0.15) is 51.3 Å². The van der Waals surface area contributed by atoms with Crippen LogP contribution in [-0.4, -0.2) is 33.9 Å². The third kappa shape index (κ3) is 6.10. The number of thioether (sulfide) groups is 1. The number of ketones is 1. The van der Waals surface area contributed by atoms with Gasteiger partial charge in [-0.3, -0.25) is 14.4 Å². The molecule has 1 atom stereocenters. The van der Waals surface area contributed by atoms with Crippen LogP contribution in [0.4, 0.5) is 11.4 Å². The standard InChI is InChI=1S/C30H26N2O5S/c1-3-26(29(35)31-21-15-13-19(14-16-21)18(2)33)38-23-10-6-9-22(17-23)32-28(34)24-11-4-7-20-8-5-12-25(27(20)24)30(36)37/h4-17,26H,3H2,1-2H3,(H,31,35)(H,32,34)(H,36,37). The topological polar surface area (TPSA) is 113 Å². The van der Waals surface area contributed by atoms with Gasteiger partial charge in [-0.25, -0.2) is 4.79 Å². The molecule has 0 aliphatic carbocycles. The number of rotatable bonds is 9. The normalized spacial score (nSPS) is 11.5. The second-order valence-electron chi connectivity index (χ2n) is 8.63. The third-order valence-electron chi connectivity index (χ3n) is 5.97. The molecule has 0 fully saturated rings. The van der Waals surface area contributed by atoms with Crippen LogP contribution in [0.5, 0.6) is 0 Å². The van der Waals surface area contributed by atoms with Crippen molar-refractivity contribution in [3.05, 3.63) is 102 Å². The number of hydrogen-bond donors (Lipinski definition) is 3. The Labute approximate surface area is 224 Å². The Morgan fingerprint density at radius 2 is 1.47 bits per heavy atom. The van der Waals surface area contributed by atoms with Gasteiger partial charge >= 0.3 is 5.97 Å². The van der Waals surface area contributed by atoms with E-state index in [1.807, 2.05) is 13.0 Å². The maximum absolute atomic E-state index is 13.2. The summed E-state index contributed by atoms with van der Waals surface area (Å²) < 4.78 is 0. The molecule has 4 rings (SSSR count). The predicted octanol–water partition coefficient (Wildman–Crippen LogP) is 6.50. The van der Waals surface area contributed by atoms with Gasteiger partial charge in [0, 0.05) is 32.8 Å². The monoisotopic (exact) mass is 526 g/mol. The van der Waals surface area contributed by atoms with Gasteiger partial charge in [0.25, 0.3) is 5.91 Å².